The summed E-state index contributed by atoms with van der Waals surface area (Å²) in [6.45, 7) is 7.21. The fraction of sp³-hybridized carbons (Fsp3) is 0.571. The molecule has 3 nitrogen and oxygen atoms in total. The lowest BCUT2D eigenvalue weighted by Crippen LogP contribution is -2.64. The van der Waals surface area contributed by atoms with Crippen molar-refractivity contribution in [2.24, 2.45) is 0 Å². The van der Waals surface area contributed by atoms with Crippen molar-refractivity contribution in [2.75, 3.05) is 19.0 Å². The van der Waals surface area contributed by atoms with Crippen molar-refractivity contribution < 1.29 is 8.95 Å². The van der Waals surface area contributed by atoms with Crippen LogP contribution in [0.3, 0.4) is 0 Å². The van der Waals surface area contributed by atoms with E-state index >= 15 is 0 Å². The molecule has 19 heavy (non-hydrogen) atoms. The van der Waals surface area contributed by atoms with Crippen LogP contribution in [0.1, 0.15) is 20.8 Å². The molecule has 0 aromatic heterocycles. The highest BCUT2D eigenvalue weighted by Crippen LogP contribution is 2.28. The minimum atomic E-state index is -1.06. The van der Waals surface area contributed by atoms with Crippen molar-refractivity contribution in [3.63, 3.8) is 0 Å². The van der Waals surface area contributed by atoms with Crippen molar-refractivity contribution in [1.29, 1.82) is 0 Å². The summed E-state index contributed by atoms with van der Waals surface area (Å²) in [5.41, 5.74) is -0.154. The standard InChI is InChI=1S/C14H21NO2S2/c1-13(2,3)19(16)15-14(9-17-10-14)11-18-12-7-5-4-6-8-12/h4-8,15H,9-11H2,1-3H3. The second-order valence-corrected chi connectivity index (χ2v) is 8.87. The van der Waals surface area contributed by atoms with Crippen molar-refractivity contribution in [3.05, 3.63) is 30.3 Å². The van der Waals surface area contributed by atoms with Crippen LogP contribution < -0.4 is 4.72 Å². The number of benzene rings is 1. The summed E-state index contributed by atoms with van der Waals surface area (Å²) in [7, 11) is -1.06. The number of ether oxygens (including phenoxy) is 1. The summed E-state index contributed by atoms with van der Waals surface area (Å²) < 4.78 is 20.6. The van der Waals surface area contributed by atoms with E-state index in [9.17, 15) is 4.21 Å². The average Bonchev–Trinajstić information content (AvgIpc) is 2.32. The van der Waals surface area contributed by atoms with Crippen LogP contribution in [0.4, 0.5) is 0 Å². The lowest BCUT2D eigenvalue weighted by atomic mass is 10.0. The number of nitrogens with one attached hydrogen (secondary N) is 1. The topological polar surface area (TPSA) is 38.3 Å². The summed E-state index contributed by atoms with van der Waals surface area (Å²) >= 11 is 1.78. The van der Waals surface area contributed by atoms with Gasteiger partial charge in [-0.1, -0.05) is 18.2 Å². The molecule has 1 aliphatic rings. The van der Waals surface area contributed by atoms with Crippen LogP contribution in [-0.2, 0) is 15.7 Å². The molecule has 1 unspecified atom stereocenters. The Morgan fingerprint density at radius 1 is 1.32 bits per heavy atom. The molecule has 1 aromatic rings. The highest BCUT2D eigenvalue weighted by molar-refractivity contribution is 7.99. The number of rotatable bonds is 5. The Morgan fingerprint density at radius 2 is 1.95 bits per heavy atom. The van der Waals surface area contributed by atoms with Crippen molar-refractivity contribution in [3.8, 4) is 0 Å². The maximum Gasteiger partial charge on any atom is 0.0977 e. The van der Waals surface area contributed by atoms with E-state index in [1.54, 1.807) is 11.8 Å². The van der Waals surface area contributed by atoms with E-state index in [0.717, 1.165) is 5.75 Å². The smallest absolute Gasteiger partial charge is 0.0977 e. The van der Waals surface area contributed by atoms with Crippen LogP contribution in [0.2, 0.25) is 0 Å². The van der Waals surface area contributed by atoms with E-state index in [1.807, 2.05) is 39.0 Å². The molecule has 1 fully saturated rings. The Hall–Kier alpha value is -0.360. The molecule has 0 spiro atoms. The predicted molar refractivity (Wildman–Crippen MR) is 81.7 cm³/mol. The van der Waals surface area contributed by atoms with Gasteiger partial charge in [-0.3, -0.25) is 0 Å². The zero-order valence-electron chi connectivity index (χ0n) is 11.6. The summed E-state index contributed by atoms with van der Waals surface area (Å²) in [4.78, 5) is 1.23. The van der Waals surface area contributed by atoms with Crippen molar-refractivity contribution in [2.45, 2.75) is 36.0 Å². The molecule has 1 saturated heterocycles. The van der Waals surface area contributed by atoms with Crippen LogP contribution in [0.25, 0.3) is 0 Å². The molecule has 1 N–H and O–H groups in total. The number of thioether (sulfide) groups is 1. The predicted octanol–water partition coefficient (Wildman–Crippen LogP) is 2.60. The average molecular weight is 299 g/mol. The Morgan fingerprint density at radius 3 is 2.42 bits per heavy atom. The van der Waals surface area contributed by atoms with E-state index in [-0.39, 0.29) is 10.3 Å². The molecular weight excluding hydrogens is 278 g/mol. The van der Waals surface area contributed by atoms with Crippen LogP contribution in [0.5, 0.6) is 0 Å². The molecule has 1 aromatic carbocycles. The number of hydrogen-bond acceptors (Lipinski definition) is 3. The molecule has 0 radical (unpaired) electrons. The van der Waals surface area contributed by atoms with Gasteiger partial charge in [0.1, 0.15) is 0 Å². The zero-order valence-corrected chi connectivity index (χ0v) is 13.3. The lowest BCUT2D eigenvalue weighted by Gasteiger charge is -2.42. The normalized spacial score (nSPS) is 19.7. The van der Waals surface area contributed by atoms with Gasteiger partial charge in [0.25, 0.3) is 0 Å². The first-order valence-corrected chi connectivity index (χ1v) is 8.50. The van der Waals surface area contributed by atoms with Gasteiger partial charge in [0.2, 0.25) is 0 Å². The maximum absolute atomic E-state index is 12.2. The Labute approximate surface area is 122 Å². The molecule has 1 heterocycles. The first-order valence-electron chi connectivity index (χ1n) is 6.37. The molecule has 106 valence electrons. The minimum absolute atomic E-state index is 0.154. The summed E-state index contributed by atoms with van der Waals surface area (Å²) in [5.74, 6) is 0.874. The third-order valence-corrected chi connectivity index (χ3v) is 5.91. The monoisotopic (exact) mass is 299 g/mol. The molecule has 0 saturated carbocycles. The Bertz CT molecular complexity index is 439. The molecular formula is C14H21NO2S2. The van der Waals surface area contributed by atoms with E-state index in [0.29, 0.717) is 13.2 Å². The van der Waals surface area contributed by atoms with Crippen molar-refractivity contribution >= 4 is 22.7 Å². The van der Waals surface area contributed by atoms with Gasteiger partial charge in [-0.2, -0.15) is 0 Å². The molecule has 0 amide bonds. The van der Waals surface area contributed by atoms with E-state index < -0.39 is 11.0 Å². The summed E-state index contributed by atoms with van der Waals surface area (Å²) in [6, 6.07) is 10.3. The van der Waals surface area contributed by atoms with Gasteiger partial charge in [0.05, 0.1) is 34.5 Å². The van der Waals surface area contributed by atoms with E-state index in [4.69, 9.17) is 4.74 Å². The van der Waals surface area contributed by atoms with Gasteiger partial charge in [-0.15, -0.1) is 11.8 Å². The Kier molecular flexibility index (Phi) is 4.71. The highest BCUT2D eigenvalue weighted by Gasteiger charge is 2.41. The fourth-order valence-corrected chi connectivity index (χ4v) is 3.62. The molecule has 0 bridgehead atoms. The second-order valence-electron chi connectivity index (χ2n) is 5.86. The minimum Gasteiger partial charge on any atom is -0.377 e. The van der Waals surface area contributed by atoms with Gasteiger partial charge in [-0.25, -0.2) is 8.93 Å². The third kappa shape index (κ3) is 4.05. The zero-order chi connectivity index (χ0) is 13.9. The second kappa shape index (κ2) is 5.95. The van der Waals surface area contributed by atoms with Gasteiger partial charge in [0, 0.05) is 10.6 Å². The van der Waals surface area contributed by atoms with Crippen LogP contribution in [0, 0.1) is 0 Å². The summed E-state index contributed by atoms with van der Waals surface area (Å²) in [5, 5.41) is 0. The lowest BCUT2D eigenvalue weighted by molar-refractivity contribution is -0.0491. The Balaban J connectivity index is 1.94. The van der Waals surface area contributed by atoms with Crippen LogP contribution >= 0.6 is 11.8 Å². The first kappa shape index (κ1) is 15.0. The highest BCUT2D eigenvalue weighted by atomic mass is 32.2. The number of hydrogen-bond donors (Lipinski definition) is 1. The maximum atomic E-state index is 12.2. The summed E-state index contributed by atoms with van der Waals surface area (Å²) in [6.07, 6.45) is 0. The third-order valence-electron chi connectivity index (χ3n) is 2.88. The quantitative estimate of drug-likeness (QED) is 0.849. The first-order chi connectivity index (χ1) is 8.91. The van der Waals surface area contributed by atoms with E-state index in [1.165, 1.54) is 4.90 Å². The fourth-order valence-electron chi connectivity index (χ4n) is 1.61. The molecule has 1 atom stereocenters. The molecule has 2 rings (SSSR count). The van der Waals surface area contributed by atoms with Gasteiger partial charge >= 0.3 is 0 Å². The van der Waals surface area contributed by atoms with Crippen molar-refractivity contribution in [1.82, 2.24) is 4.72 Å². The van der Waals surface area contributed by atoms with Gasteiger partial charge in [0.15, 0.2) is 0 Å². The largest absolute Gasteiger partial charge is 0.377 e. The van der Waals surface area contributed by atoms with Crippen LogP contribution in [-0.4, -0.2) is 33.5 Å². The van der Waals surface area contributed by atoms with Crippen LogP contribution in [0.15, 0.2) is 35.2 Å². The van der Waals surface area contributed by atoms with E-state index in [2.05, 4.69) is 16.9 Å². The van der Waals surface area contributed by atoms with Gasteiger partial charge in [-0.05, 0) is 32.9 Å². The van der Waals surface area contributed by atoms with Gasteiger partial charge < -0.3 is 4.74 Å². The molecule has 1 aliphatic heterocycles. The molecule has 0 aliphatic carbocycles. The molecule has 5 heteroatoms. The SMILES string of the molecule is CC(C)(C)S(=O)NC1(CSc2ccccc2)COC1.